The van der Waals surface area contributed by atoms with Crippen molar-refractivity contribution in [3.05, 3.63) is 45.5 Å². The lowest BCUT2D eigenvalue weighted by molar-refractivity contribution is 0.104. The molecule has 1 rings (SSSR count). The first-order chi connectivity index (χ1) is 6.91. The van der Waals surface area contributed by atoms with E-state index in [-0.39, 0.29) is 5.78 Å². The van der Waals surface area contributed by atoms with Crippen LogP contribution < -0.4 is 0 Å². The van der Waals surface area contributed by atoms with Crippen molar-refractivity contribution < 1.29 is 4.79 Å². The van der Waals surface area contributed by atoms with Gasteiger partial charge in [-0.25, -0.2) is 0 Å². The maximum absolute atomic E-state index is 11.8. The van der Waals surface area contributed by atoms with Crippen LogP contribution in [0.15, 0.2) is 23.8 Å². The van der Waals surface area contributed by atoms with Gasteiger partial charge in [-0.1, -0.05) is 17.2 Å². The summed E-state index contributed by atoms with van der Waals surface area (Å²) in [6.45, 7) is 7.64. The Morgan fingerprint density at radius 2 is 1.67 bits per heavy atom. The Morgan fingerprint density at radius 1 is 1.20 bits per heavy atom. The highest BCUT2D eigenvalue weighted by Crippen LogP contribution is 2.22. The van der Waals surface area contributed by atoms with Crippen molar-refractivity contribution in [3.63, 3.8) is 0 Å². The first-order valence-electron chi connectivity index (χ1n) is 4.88. The first-order valence-corrected chi connectivity index (χ1v) is 5.25. The molecule has 0 aromatic heterocycles. The summed E-state index contributed by atoms with van der Waals surface area (Å²) >= 11 is 6.03. The number of carbonyl (C=O) groups is 1. The van der Waals surface area contributed by atoms with Gasteiger partial charge >= 0.3 is 0 Å². The SMILES string of the molecule is CC(C)=CC(=O)c1cc(C)c(Cl)c(C)c1. The average Bonchev–Trinajstić information content (AvgIpc) is 2.12. The number of hydrogen-bond acceptors (Lipinski definition) is 1. The molecular formula is C13H15ClO. The third-order valence-electron chi connectivity index (χ3n) is 2.14. The molecule has 0 saturated heterocycles. The standard InChI is InChI=1S/C13H15ClO/c1-8(2)5-12(15)11-6-9(3)13(14)10(4)7-11/h5-7H,1-4H3. The minimum absolute atomic E-state index is 0.0397. The quantitative estimate of drug-likeness (QED) is 0.544. The smallest absolute Gasteiger partial charge is 0.185 e. The maximum Gasteiger partial charge on any atom is 0.185 e. The Hall–Kier alpha value is -1.08. The molecule has 0 saturated carbocycles. The van der Waals surface area contributed by atoms with Crippen molar-refractivity contribution in [2.75, 3.05) is 0 Å². The molecule has 2 heteroatoms. The minimum Gasteiger partial charge on any atom is -0.289 e. The Balaban J connectivity index is 3.18. The van der Waals surface area contributed by atoms with Crippen LogP contribution in [0, 0.1) is 13.8 Å². The van der Waals surface area contributed by atoms with Crippen molar-refractivity contribution in [1.29, 1.82) is 0 Å². The van der Waals surface area contributed by atoms with E-state index in [1.54, 1.807) is 6.08 Å². The second-order valence-corrected chi connectivity index (χ2v) is 4.39. The van der Waals surface area contributed by atoms with E-state index >= 15 is 0 Å². The predicted molar refractivity (Wildman–Crippen MR) is 64.7 cm³/mol. The molecule has 1 nitrogen and oxygen atoms in total. The fourth-order valence-electron chi connectivity index (χ4n) is 1.43. The highest BCUT2D eigenvalue weighted by atomic mass is 35.5. The van der Waals surface area contributed by atoms with Gasteiger partial charge < -0.3 is 0 Å². The van der Waals surface area contributed by atoms with E-state index in [0.29, 0.717) is 5.56 Å². The van der Waals surface area contributed by atoms with E-state index in [1.165, 1.54) is 0 Å². The lowest BCUT2D eigenvalue weighted by atomic mass is 10.0. The molecule has 1 aromatic rings. The molecule has 0 atom stereocenters. The molecule has 0 aliphatic carbocycles. The van der Waals surface area contributed by atoms with Crippen molar-refractivity contribution in [1.82, 2.24) is 0 Å². The number of carbonyl (C=O) groups excluding carboxylic acids is 1. The summed E-state index contributed by atoms with van der Waals surface area (Å²) in [6.07, 6.45) is 1.64. The molecule has 0 bridgehead atoms. The molecule has 0 aliphatic rings. The van der Waals surface area contributed by atoms with Gasteiger partial charge in [-0.3, -0.25) is 4.79 Å². The van der Waals surface area contributed by atoms with Gasteiger partial charge in [0.25, 0.3) is 0 Å². The molecule has 0 aliphatic heterocycles. The van der Waals surface area contributed by atoms with Crippen LogP contribution in [0.4, 0.5) is 0 Å². The highest BCUT2D eigenvalue weighted by Gasteiger charge is 2.07. The van der Waals surface area contributed by atoms with Crippen LogP contribution in [-0.4, -0.2) is 5.78 Å². The van der Waals surface area contributed by atoms with E-state index in [9.17, 15) is 4.79 Å². The summed E-state index contributed by atoms with van der Waals surface area (Å²) in [5.74, 6) is 0.0397. The zero-order valence-corrected chi connectivity index (χ0v) is 10.3. The lowest BCUT2D eigenvalue weighted by Crippen LogP contribution is -1.97. The Morgan fingerprint density at radius 3 is 2.07 bits per heavy atom. The molecule has 0 heterocycles. The molecule has 1 aromatic carbocycles. The minimum atomic E-state index is 0.0397. The number of benzene rings is 1. The van der Waals surface area contributed by atoms with Crippen LogP contribution in [0.25, 0.3) is 0 Å². The second-order valence-electron chi connectivity index (χ2n) is 4.01. The maximum atomic E-state index is 11.8. The normalized spacial score (nSPS) is 9.93. The summed E-state index contributed by atoms with van der Waals surface area (Å²) in [6, 6.07) is 3.66. The van der Waals surface area contributed by atoms with Crippen LogP contribution >= 0.6 is 11.6 Å². The first kappa shape index (κ1) is 12.0. The van der Waals surface area contributed by atoms with Gasteiger partial charge in [0.15, 0.2) is 5.78 Å². The number of aryl methyl sites for hydroxylation is 2. The van der Waals surface area contributed by atoms with Crippen molar-refractivity contribution in [2.24, 2.45) is 0 Å². The molecule has 0 N–H and O–H groups in total. The molecule has 0 fully saturated rings. The van der Waals surface area contributed by atoms with Crippen LogP contribution in [0.2, 0.25) is 5.02 Å². The van der Waals surface area contributed by atoms with Crippen molar-refractivity contribution in [2.45, 2.75) is 27.7 Å². The number of ketones is 1. The van der Waals surface area contributed by atoms with Crippen LogP contribution in [0.3, 0.4) is 0 Å². The zero-order chi connectivity index (χ0) is 11.6. The van der Waals surface area contributed by atoms with Crippen LogP contribution in [0.1, 0.15) is 35.3 Å². The summed E-state index contributed by atoms with van der Waals surface area (Å²) in [7, 11) is 0. The van der Waals surface area contributed by atoms with Crippen LogP contribution in [0.5, 0.6) is 0 Å². The zero-order valence-electron chi connectivity index (χ0n) is 9.52. The monoisotopic (exact) mass is 222 g/mol. The van der Waals surface area contributed by atoms with E-state index < -0.39 is 0 Å². The molecule has 0 unspecified atom stereocenters. The van der Waals surface area contributed by atoms with E-state index in [2.05, 4.69) is 0 Å². The van der Waals surface area contributed by atoms with Gasteiger partial charge in [-0.05, 0) is 57.0 Å². The largest absolute Gasteiger partial charge is 0.289 e. The Bertz CT molecular complexity index is 403. The molecule has 15 heavy (non-hydrogen) atoms. The number of halogens is 1. The fourth-order valence-corrected chi connectivity index (χ4v) is 1.54. The van der Waals surface area contributed by atoms with E-state index in [4.69, 9.17) is 11.6 Å². The number of rotatable bonds is 2. The second kappa shape index (κ2) is 4.63. The average molecular weight is 223 g/mol. The number of hydrogen-bond donors (Lipinski definition) is 0. The number of allylic oxidation sites excluding steroid dienone is 2. The fraction of sp³-hybridized carbons (Fsp3) is 0.308. The summed E-state index contributed by atoms with van der Waals surface area (Å²) in [4.78, 5) is 11.8. The summed E-state index contributed by atoms with van der Waals surface area (Å²) < 4.78 is 0. The third-order valence-corrected chi connectivity index (χ3v) is 2.74. The van der Waals surface area contributed by atoms with Gasteiger partial charge in [0.1, 0.15) is 0 Å². The topological polar surface area (TPSA) is 17.1 Å². The predicted octanol–water partition coefficient (Wildman–Crippen LogP) is 4.11. The van der Waals surface area contributed by atoms with Gasteiger partial charge in [-0.15, -0.1) is 0 Å². The third kappa shape index (κ3) is 2.93. The van der Waals surface area contributed by atoms with Gasteiger partial charge in [0, 0.05) is 10.6 Å². The van der Waals surface area contributed by atoms with Crippen molar-refractivity contribution >= 4 is 17.4 Å². The molecular weight excluding hydrogens is 208 g/mol. The van der Waals surface area contributed by atoms with E-state index in [0.717, 1.165) is 21.7 Å². The molecule has 0 amide bonds. The van der Waals surface area contributed by atoms with E-state index in [1.807, 2.05) is 39.8 Å². The summed E-state index contributed by atoms with van der Waals surface area (Å²) in [5.41, 5.74) is 3.60. The van der Waals surface area contributed by atoms with Gasteiger partial charge in [0.2, 0.25) is 0 Å². The Labute approximate surface area is 95.8 Å². The molecule has 0 spiro atoms. The van der Waals surface area contributed by atoms with Gasteiger partial charge in [-0.2, -0.15) is 0 Å². The van der Waals surface area contributed by atoms with Crippen LogP contribution in [-0.2, 0) is 0 Å². The van der Waals surface area contributed by atoms with Crippen molar-refractivity contribution in [3.8, 4) is 0 Å². The lowest BCUT2D eigenvalue weighted by Gasteiger charge is -2.05. The molecule has 80 valence electrons. The summed E-state index contributed by atoms with van der Waals surface area (Å²) in [5, 5.41) is 0.740. The van der Waals surface area contributed by atoms with Gasteiger partial charge in [0.05, 0.1) is 0 Å². The molecule has 0 radical (unpaired) electrons. The highest BCUT2D eigenvalue weighted by molar-refractivity contribution is 6.32. The Kier molecular flexibility index (Phi) is 3.70.